The van der Waals surface area contributed by atoms with E-state index in [-0.39, 0.29) is 36.0 Å². The van der Waals surface area contributed by atoms with E-state index in [9.17, 15) is 23.3 Å². The molecule has 1 aromatic heterocycles. The van der Waals surface area contributed by atoms with Crippen molar-refractivity contribution in [2.24, 2.45) is 0 Å². The summed E-state index contributed by atoms with van der Waals surface area (Å²) in [7, 11) is -3.91. The van der Waals surface area contributed by atoms with E-state index in [1.54, 1.807) is 0 Å². The molecule has 2 rings (SSSR count). The van der Waals surface area contributed by atoms with Crippen molar-refractivity contribution >= 4 is 21.6 Å². The van der Waals surface area contributed by atoms with Crippen LogP contribution < -0.4 is 10.0 Å². The summed E-state index contributed by atoms with van der Waals surface area (Å²) in [6.07, 6.45) is 2.03. The number of hydrogen-bond donors (Lipinski definition) is 2. The third kappa shape index (κ3) is 6.39. The first-order valence-electron chi connectivity index (χ1n) is 8.64. The number of nitrogens with one attached hydrogen (secondary N) is 2. The number of aromatic nitrogens is 2. The summed E-state index contributed by atoms with van der Waals surface area (Å²) in [4.78, 5) is 25.8. The summed E-state index contributed by atoms with van der Waals surface area (Å²) >= 11 is 0. The smallest absolute Gasteiger partial charge is 0.270 e. The van der Waals surface area contributed by atoms with Crippen LogP contribution in [-0.4, -0.2) is 42.5 Å². The number of rotatable bonds is 11. The van der Waals surface area contributed by atoms with E-state index in [0.29, 0.717) is 24.6 Å². The van der Waals surface area contributed by atoms with Gasteiger partial charge in [0.1, 0.15) is 0 Å². The lowest BCUT2D eigenvalue weighted by molar-refractivity contribution is -0.385. The first-order valence-corrected chi connectivity index (χ1v) is 10.1. The summed E-state index contributed by atoms with van der Waals surface area (Å²) < 4.78 is 31.6. The Labute approximate surface area is 161 Å². The Kier molecular flexibility index (Phi) is 7.58. The Hall–Kier alpha value is -2.86. The number of amides is 1. The molecule has 1 amide bonds. The molecule has 0 atom stereocenters. The zero-order valence-corrected chi connectivity index (χ0v) is 16.1. The topological polar surface area (TPSA) is 157 Å². The van der Waals surface area contributed by atoms with E-state index < -0.39 is 14.9 Å². The van der Waals surface area contributed by atoms with E-state index in [2.05, 4.69) is 20.2 Å². The Bertz CT molecular complexity index is 927. The molecule has 1 aromatic carbocycles. The third-order valence-electron chi connectivity index (χ3n) is 3.63. The van der Waals surface area contributed by atoms with Gasteiger partial charge in [0.25, 0.3) is 5.69 Å². The molecule has 0 aliphatic heterocycles. The molecular formula is C16H21N5O6S. The number of nitro benzene ring substituents is 1. The second-order valence-corrected chi connectivity index (χ2v) is 7.62. The molecule has 0 bridgehead atoms. The van der Waals surface area contributed by atoms with Crippen LogP contribution in [0.1, 0.15) is 31.5 Å². The van der Waals surface area contributed by atoms with Gasteiger partial charge in [0.2, 0.25) is 21.8 Å². The summed E-state index contributed by atoms with van der Waals surface area (Å²) in [6, 6.07) is 4.72. The molecule has 0 saturated carbocycles. The number of aryl methyl sites for hydroxylation is 2. The molecule has 0 spiro atoms. The van der Waals surface area contributed by atoms with E-state index >= 15 is 0 Å². The van der Waals surface area contributed by atoms with Crippen molar-refractivity contribution in [3.05, 3.63) is 46.1 Å². The first kappa shape index (κ1) is 21.4. The van der Waals surface area contributed by atoms with Gasteiger partial charge in [0.05, 0.1) is 9.82 Å². The number of carbonyl (C=O) groups excluding carboxylic acids is 1. The minimum Gasteiger partial charge on any atom is -0.355 e. The van der Waals surface area contributed by atoms with E-state index in [1.165, 1.54) is 18.2 Å². The first-order chi connectivity index (χ1) is 13.3. The van der Waals surface area contributed by atoms with E-state index in [4.69, 9.17) is 4.52 Å². The van der Waals surface area contributed by atoms with Gasteiger partial charge in [0.15, 0.2) is 5.82 Å². The Morgan fingerprint density at radius 2 is 2.07 bits per heavy atom. The van der Waals surface area contributed by atoms with Gasteiger partial charge in [0, 0.05) is 44.5 Å². The number of nitrogens with zero attached hydrogens (tertiary/aromatic N) is 3. The predicted octanol–water partition coefficient (Wildman–Crippen LogP) is 0.958. The second kappa shape index (κ2) is 9.90. The van der Waals surface area contributed by atoms with Crippen molar-refractivity contribution in [1.82, 2.24) is 20.2 Å². The predicted molar refractivity (Wildman–Crippen MR) is 97.9 cm³/mol. The zero-order valence-electron chi connectivity index (χ0n) is 15.3. The molecule has 0 aliphatic carbocycles. The second-order valence-electron chi connectivity index (χ2n) is 5.86. The van der Waals surface area contributed by atoms with Gasteiger partial charge in [-0.15, -0.1) is 0 Å². The number of benzene rings is 1. The largest absolute Gasteiger partial charge is 0.355 e. The molecule has 0 fully saturated rings. The molecule has 0 saturated heterocycles. The average molecular weight is 411 g/mol. The van der Waals surface area contributed by atoms with Crippen LogP contribution in [0.4, 0.5) is 5.69 Å². The maximum Gasteiger partial charge on any atom is 0.270 e. The lowest BCUT2D eigenvalue weighted by Crippen LogP contribution is -2.34. The van der Waals surface area contributed by atoms with Crippen LogP contribution in [0.15, 0.2) is 33.7 Å². The molecule has 0 unspecified atom stereocenters. The van der Waals surface area contributed by atoms with Crippen LogP contribution in [0.25, 0.3) is 0 Å². The van der Waals surface area contributed by atoms with Crippen LogP contribution in [0.5, 0.6) is 0 Å². The Morgan fingerprint density at radius 3 is 2.79 bits per heavy atom. The standard InChI is InChI=1S/C16H21N5O6S/c1-2-4-14-19-16(27-20-14)8-7-15(22)17-9-10-18-28(25,26)13-6-3-5-12(11-13)21(23)24/h3,5-6,11,18H,2,4,7-10H2,1H3,(H,17,22). The van der Waals surface area contributed by atoms with Crippen LogP contribution in [0.3, 0.4) is 0 Å². The highest BCUT2D eigenvalue weighted by molar-refractivity contribution is 7.89. The SMILES string of the molecule is CCCc1noc(CCC(=O)NCCNS(=O)(=O)c2cccc([N+](=O)[O-])c2)n1. The van der Waals surface area contributed by atoms with Crippen LogP contribution in [0.2, 0.25) is 0 Å². The summed E-state index contributed by atoms with van der Waals surface area (Å²) in [5.41, 5.74) is -0.320. The molecule has 0 radical (unpaired) electrons. The fourth-order valence-electron chi connectivity index (χ4n) is 2.26. The molecular weight excluding hydrogens is 390 g/mol. The van der Waals surface area contributed by atoms with Gasteiger partial charge >= 0.3 is 0 Å². The highest BCUT2D eigenvalue weighted by Crippen LogP contribution is 2.16. The number of sulfonamides is 1. The van der Waals surface area contributed by atoms with Gasteiger partial charge in [-0.1, -0.05) is 18.1 Å². The highest BCUT2D eigenvalue weighted by atomic mass is 32.2. The van der Waals surface area contributed by atoms with Crippen molar-refractivity contribution in [2.75, 3.05) is 13.1 Å². The van der Waals surface area contributed by atoms with Crippen molar-refractivity contribution in [3.8, 4) is 0 Å². The minimum atomic E-state index is -3.91. The average Bonchev–Trinajstić information content (AvgIpc) is 3.11. The van der Waals surface area contributed by atoms with Gasteiger partial charge in [-0.25, -0.2) is 13.1 Å². The molecule has 28 heavy (non-hydrogen) atoms. The fraction of sp³-hybridized carbons (Fsp3) is 0.438. The van der Waals surface area contributed by atoms with Gasteiger partial charge in [-0.3, -0.25) is 14.9 Å². The fourth-order valence-corrected chi connectivity index (χ4v) is 3.33. The number of hydrogen-bond acceptors (Lipinski definition) is 8. The molecule has 2 N–H and O–H groups in total. The molecule has 12 heteroatoms. The number of non-ortho nitro benzene ring substituents is 1. The summed E-state index contributed by atoms with van der Waals surface area (Å²) in [5, 5.41) is 17.1. The summed E-state index contributed by atoms with van der Waals surface area (Å²) in [6.45, 7) is 2.01. The molecule has 1 heterocycles. The molecule has 152 valence electrons. The normalized spacial score (nSPS) is 11.3. The van der Waals surface area contributed by atoms with Crippen molar-refractivity contribution in [1.29, 1.82) is 0 Å². The van der Waals surface area contributed by atoms with Gasteiger partial charge < -0.3 is 9.84 Å². The van der Waals surface area contributed by atoms with Crippen molar-refractivity contribution < 1.29 is 22.7 Å². The van der Waals surface area contributed by atoms with E-state index in [0.717, 1.165) is 12.5 Å². The van der Waals surface area contributed by atoms with Crippen LogP contribution >= 0.6 is 0 Å². The van der Waals surface area contributed by atoms with Crippen LogP contribution in [0, 0.1) is 10.1 Å². The van der Waals surface area contributed by atoms with Gasteiger partial charge in [-0.05, 0) is 12.5 Å². The Balaban J connectivity index is 1.74. The Morgan fingerprint density at radius 1 is 1.29 bits per heavy atom. The molecule has 2 aromatic rings. The maximum atomic E-state index is 12.1. The monoisotopic (exact) mass is 411 g/mol. The number of nitro groups is 1. The summed E-state index contributed by atoms with van der Waals surface area (Å²) in [5.74, 6) is 0.697. The molecule has 0 aliphatic rings. The maximum absolute atomic E-state index is 12.1. The zero-order chi connectivity index (χ0) is 20.6. The third-order valence-corrected chi connectivity index (χ3v) is 5.09. The quantitative estimate of drug-likeness (QED) is 0.314. The van der Waals surface area contributed by atoms with E-state index in [1.807, 2.05) is 6.92 Å². The lowest BCUT2D eigenvalue weighted by Gasteiger charge is -2.07. The van der Waals surface area contributed by atoms with Crippen molar-refractivity contribution in [3.63, 3.8) is 0 Å². The van der Waals surface area contributed by atoms with Gasteiger partial charge in [-0.2, -0.15) is 4.98 Å². The van der Waals surface area contributed by atoms with Crippen molar-refractivity contribution in [2.45, 2.75) is 37.5 Å². The number of carbonyl (C=O) groups is 1. The minimum absolute atomic E-state index is 0.0576. The highest BCUT2D eigenvalue weighted by Gasteiger charge is 2.17. The van der Waals surface area contributed by atoms with Crippen LogP contribution in [-0.2, 0) is 27.7 Å². The lowest BCUT2D eigenvalue weighted by atomic mass is 10.3. The molecule has 11 nitrogen and oxygen atoms in total.